The Morgan fingerprint density at radius 1 is 0.895 bits per heavy atom. The van der Waals surface area contributed by atoms with Gasteiger partial charge in [-0.25, -0.2) is 0 Å². The highest BCUT2D eigenvalue weighted by molar-refractivity contribution is 5.95. The lowest BCUT2D eigenvalue weighted by Crippen LogP contribution is -2.31. The summed E-state index contributed by atoms with van der Waals surface area (Å²) >= 11 is 0. The Hall–Kier alpha value is -1.59. The lowest BCUT2D eigenvalue weighted by atomic mass is 9.90. The van der Waals surface area contributed by atoms with Crippen LogP contribution >= 0.6 is 0 Å². The summed E-state index contributed by atoms with van der Waals surface area (Å²) in [6.45, 7) is 1.99. The van der Waals surface area contributed by atoms with Crippen LogP contribution in [0.25, 0.3) is 0 Å². The normalized spacial score (nSPS) is 11.8. The van der Waals surface area contributed by atoms with E-state index in [4.69, 9.17) is 4.74 Å². The first-order chi connectivity index (χ1) is 9.01. The van der Waals surface area contributed by atoms with Crippen LogP contribution in [-0.4, -0.2) is 39.2 Å². The monoisotopic (exact) mass is 274 g/mol. The van der Waals surface area contributed by atoms with Gasteiger partial charge in [0.05, 0.1) is 27.2 Å². The summed E-state index contributed by atoms with van der Waals surface area (Å²) in [5.41, 5.74) is 0. The smallest absolute Gasteiger partial charge is 0.320 e. The van der Waals surface area contributed by atoms with Crippen molar-refractivity contribution < 1.29 is 28.6 Å². The van der Waals surface area contributed by atoms with Gasteiger partial charge in [0.2, 0.25) is 0 Å². The SMILES string of the molecule is CCCCC(CC(C(=O)OC)C(=O)OC)C(=O)OC. The molecule has 1 unspecified atom stereocenters. The van der Waals surface area contributed by atoms with E-state index in [2.05, 4.69) is 9.47 Å². The van der Waals surface area contributed by atoms with E-state index in [1.54, 1.807) is 0 Å². The molecule has 0 radical (unpaired) electrons. The van der Waals surface area contributed by atoms with E-state index in [0.29, 0.717) is 6.42 Å². The molecule has 0 rings (SSSR count). The fourth-order valence-corrected chi connectivity index (χ4v) is 1.81. The van der Waals surface area contributed by atoms with E-state index in [0.717, 1.165) is 12.8 Å². The Kier molecular flexibility index (Phi) is 8.57. The minimum atomic E-state index is -1.09. The lowest BCUT2D eigenvalue weighted by Gasteiger charge is -2.18. The maximum atomic E-state index is 11.6. The highest BCUT2D eigenvalue weighted by Crippen LogP contribution is 2.22. The van der Waals surface area contributed by atoms with Crippen LogP contribution in [0.5, 0.6) is 0 Å². The number of methoxy groups -OCH3 is 3. The molecule has 0 bridgehead atoms. The van der Waals surface area contributed by atoms with E-state index < -0.39 is 29.7 Å². The molecule has 0 aromatic rings. The average Bonchev–Trinajstić information content (AvgIpc) is 2.45. The van der Waals surface area contributed by atoms with Gasteiger partial charge in [0.15, 0.2) is 5.92 Å². The van der Waals surface area contributed by atoms with E-state index in [1.807, 2.05) is 6.92 Å². The molecular formula is C13H22O6. The summed E-state index contributed by atoms with van der Waals surface area (Å²) in [4.78, 5) is 34.8. The molecule has 0 amide bonds. The van der Waals surface area contributed by atoms with Crippen molar-refractivity contribution in [3.8, 4) is 0 Å². The van der Waals surface area contributed by atoms with E-state index in [1.165, 1.54) is 21.3 Å². The van der Waals surface area contributed by atoms with Crippen molar-refractivity contribution in [2.24, 2.45) is 11.8 Å². The van der Waals surface area contributed by atoms with Gasteiger partial charge in [-0.05, 0) is 12.8 Å². The van der Waals surface area contributed by atoms with Gasteiger partial charge >= 0.3 is 17.9 Å². The molecular weight excluding hydrogens is 252 g/mol. The minimum absolute atomic E-state index is 0.0476. The molecule has 6 nitrogen and oxygen atoms in total. The van der Waals surface area contributed by atoms with Crippen molar-refractivity contribution in [1.29, 1.82) is 0 Å². The van der Waals surface area contributed by atoms with Crippen LogP contribution in [0.15, 0.2) is 0 Å². The van der Waals surface area contributed by atoms with Crippen molar-refractivity contribution >= 4 is 17.9 Å². The second kappa shape index (κ2) is 9.35. The number of esters is 3. The Labute approximate surface area is 113 Å². The molecule has 6 heteroatoms. The first-order valence-corrected chi connectivity index (χ1v) is 6.25. The lowest BCUT2D eigenvalue weighted by molar-refractivity contribution is -0.160. The summed E-state index contributed by atoms with van der Waals surface area (Å²) in [6, 6.07) is 0. The van der Waals surface area contributed by atoms with Crippen LogP contribution in [0.1, 0.15) is 32.6 Å². The van der Waals surface area contributed by atoms with Gasteiger partial charge in [-0.1, -0.05) is 19.8 Å². The molecule has 0 aliphatic carbocycles. The Morgan fingerprint density at radius 2 is 1.37 bits per heavy atom. The molecule has 110 valence electrons. The van der Waals surface area contributed by atoms with Crippen LogP contribution < -0.4 is 0 Å². The first kappa shape index (κ1) is 17.4. The third-order valence-electron chi connectivity index (χ3n) is 2.93. The summed E-state index contributed by atoms with van der Waals surface area (Å²) in [7, 11) is 3.67. The predicted molar refractivity (Wildman–Crippen MR) is 67.2 cm³/mol. The van der Waals surface area contributed by atoms with Crippen LogP contribution in [-0.2, 0) is 28.6 Å². The second-order valence-electron chi connectivity index (χ2n) is 4.20. The van der Waals surface area contributed by atoms with Gasteiger partial charge in [0, 0.05) is 0 Å². The van der Waals surface area contributed by atoms with Crippen LogP contribution in [0.4, 0.5) is 0 Å². The third kappa shape index (κ3) is 5.72. The van der Waals surface area contributed by atoms with Crippen molar-refractivity contribution in [3.05, 3.63) is 0 Å². The molecule has 0 saturated carbocycles. The maximum Gasteiger partial charge on any atom is 0.320 e. The quantitative estimate of drug-likeness (QED) is 0.377. The second-order valence-corrected chi connectivity index (χ2v) is 4.20. The molecule has 0 spiro atoms. The van der Waals surface area contributed by atoms with Crippen molar-refractivity contribution in [2.45, 2.75) is 32.6 Å². The van der Waals surface area contributed by atoms with E-state index in [9.17, 15) is 14.4 Å². The molecule has 0 aliphatic rings. The van der Waals surface area contributed by atoms with Crippen molar-refractivity contribution in [2.75, 3.05) is 21.3 Å². The zero-order chi connectivity index (χ0) is 14.8. The summed E-state index contributed by atoms with van der Waals surface area (Å²) in [5.74, 6) is -3.41. The molecule has 19 heavy (non-hydrogen) atoms. The number of hydrogen-bond donors (Lipinski definition) is 0. The average molecular weight is 274 g/mol. The highest BCUT2D eigenvalue weighted by Gasteiger charge is 2.34. The molecule has 0 aromatic carbocycles. The fraction of sp³-hybridized carbons (Fsp3) is 0.769. The van der Waals surface area contributed by atoms with Gasteiger partial charge < -0.3 is 14.2 Å². The summed E-state index contributed by atoms with van der Waals surface area (Å²) < 4.78 is 13.8. The molecule has 0 aromatic heterocycles. The zero-order valence-corrected chi connectivity index (χ0v) is 11.9. The molecule has 0 fully saturated rings. The van der Waals surface area contributed by atoms with Gasteiger partial charge in [-0.3, -0.25) is 14.4 Å². The number of unbranched alkanes of at least 4 members (excludes halogenated alkanes) is 1. The van der Waals surface area contributed by atoms with Crippen molar-refractivity contribution in [3.63, 3.8) is 0 Å². The number of ether oxygens (including phenoxy) is 3. The zero-order valence-electron chi connectivity index (χ0n) is 11.9. The number of rotatable bonds is 8. The van der Waals surface area contributed by atoms with Gasteiger partial charge in [0.1, 0.15) is 0 Å². The van der Waals surface area contributed by atoms with Crippen LogP contribution in [0.3, 0.4) is 0 Å². The predicted octanol–water partition coefficient (Wildman–Crippen LogP) is 1.32. The third-order valence-corrected chi connectivity index (χ3v) is 2.93. The minimum Gasteiger partial charge on any atom is -0.469 e. The van der Waals surface area contributed by atoms with Crippen LogP contribution in [0.2, 0.25) is 0 Å². The van der Waals surface area contributed by atoms with Crippen molar-refractivity contribution in [1.82, 2.24) is 0 Å². The number of carbonyl (C=O) groups is 3. The van der Waals surface area contributed by atoms with E-state index in [-0.39, 0.29) is 6.42 Å². The Morgan fingerprint density at radius 3 is 1.74 bits per heavy atom. The molecule has 0 saturated heterocycles. The Bertz CT molecular complexity index is 296. The number of hydrogen-bond acceptors (Lipinski definition) is 6. The molecule has 0 aliphatic heterocycles. The topological polar surface area (TPSA) is 78.9 Å². The fourth-order valence-electron chi connectivity index (χ4n) is 1.81. The first-order valence-electron chi connectivity index (χ1n) is 6.25. The highest BCUT2D eigenvalue weighted by atomic mass is 16.5. The standard InChI is InChI=1S/C13H22O6/c1-5-6-7-9(11(14)17-2)8-10(12(15)18-3)13(16)19-4/h9-10H,5-8H2,1-4H3. The Balaban J connectivity index is 4.85. The summed E-state index contributed by atoms with van der Waals surface area (Å²) in [6.07, 6.45) is 2.34. The largest absolute Gasteiger partial charge is 0.469 e. The van der Waals surface area contributed by atoms with Gasteiger partial charge in [-0.2, -0.15) is 0 Å². The van der Waals surface area contributed by atoms with E-state index >= 15 is 0 Å². The molecule has 0 N–H and O–H groups in total. The summed E-state index contributed by atoms with van der Waals surface area (Å²) in [5, 5.41) is 0. The van der Waals surface area contributed by atoms with Gasteiger partial charge in [-0.15, -0.1) is 0 Å². The number of carbonyl (C=O) groups excluding carboxylic acids is 3. The van der Waals surface area contributed by atoms with Gasteiger partial charge in [0.25, 0.3) is 0 Å². The molecule has 0 heterocycles. The maximum absolute atomic E-state index is 11.6. The van der Waals surface area contributed by atoms with Crippen LogP contribution in [0, 0.1) is 11.8 Å². The molecule has 1 atom stereocenters.